The van der Waals surface area contributed by atoms with Crippen molar-refractivity contribution in [3.8, 4) is 0 Å². The van der Waals surface area contributed by atoms with Gasteiger partial charge >= 0.3 is 0 Å². The lowest BCUT2D eigenvalue weighted by Gasteiger charge is -2.24. The molecular weight excluding hydrogens is 364 g/mol. The highest BCUT2D eigenvalue weighted by Gasteiger charge is 2.33. The Morgan fingerprint density at radius 3 is 1.79 bits per heavy atom. The number of carbonyl (C=O) groups excluding carboxylic acids is 2. The quantitative estimate of drug-likeness (QED) is 0.458. The van der Waals surface area contributed by atoms with E-state index in [-0.39, 0.29) is 11.6 Å². The second-order valence-corrected chi connectivity index (χ2v) is 7.62. The second-order valence-electron chi connectivity index (χ2n) is 7.62. The van der Waals surface area contributed by atoms with Crippen molar-refractivity contribution >= 4 is 22.9 Å². The van der Waals surface area contributed by atoms with Gasteiger partial charge < -0.3 is 21.3 Å². The van der Waals surface area contributed by atoms with E-state index < -0.39 is 0 Å². The Hall–Kier alpha value is -2.70. The SMILES string of the molecule is CN(C)CCCNc1ccc(NCCCCN)c2c1C(=O)c1ccccc1C2=O. The molecule has 29 heavy (non-hydrogen) atoms. The number of hydrogen-bond donors (Lipinski definition) is 3. The summed E-state index contributed by atoms with van der Waals surface area (Å²) in [5.41, 5.74) is 8.90. The average Bonchev–Trinajstić information content (AvgIpc) is 2.72. The maximum absolute atomic E-state index is 13.3. The molecule has 2 aromatic rings. The Kier molecular flexibility index (Phi) is 7.01. The van der Waals surface area contributed by atoms with Gasteiger partial charge in [0.1, 0.15) is 0 Å². The van der Waals surface area contributed by atoms with Crippen LogP contribution in [0.1, 0.15) is 51.1 Å². The first-order valence-corrected chi connectivity index (χ1v) is 10.2. The minimum Gasteiger partial charge on any atom is -0.384 e. The van der Waals surface area contributed by atoms with Crippen LogP contribution in [0.3, 0.4) is 0 Å². The minimum atomic E-state index is -0.103. The number of carbonyl (C=O) groups is 2. The Labute approximate surface area is 172 Å². The highest BCUT2D eigenvalue weighted by atomic mass is 16.1. The number of nitrogens with two attached hydrogens (primary N) is 1. The van der Waals surface area contributed by atoms with Gasteiger partial charge in [-0.05, 0) is 58.6 Å². The number of nitrogens with one attached hydrogen (secondary N) is 2. The lowest BCUT2D eigenvalue weighted by atomic mass is 9.82. The van der Waals surface area contributed by atoms with Crippen molar-refractivity contribution in [2.45, 2.75) is 19.3 Å². The summed E-state index contributed by atoms with van der Waals surface area (Å²) in [5, 5.41) is 6.71. The maximum Gasteiger partial charge on any atom is 0.196 e. The van der Waals surface area contributed by atoms with Gasteiger partial charge in [-0.15, -0.1) is 0 Å². The fraction of sp³-hybridized carbons (Fsp3) is 0.391. The molecule has 0 unspecified atom stereocenters. The van der Waals surface area contributed by atoms with E-state index in [1.165, 1.54) is 0 Å². The molecule has 0 aromatic heterocycles. The van der Waals surface area contributed by atoms with Gasteiger partial charge in [-0.2, -0.15) is 0 Å². The van der Waals surface area contributed by atoms with E-state index in [0.29, 0.717) is 41.0 Å². The van der Waals surface area contributed by atoms with Crippen LogP contribution in [0.15, 0.2) is 36.4 Å². The summed E-state index contributed by atoms with van der Waals surface area (Å²) in [6.07, 6.45) is 2.77. The van der Waals surface area contributed by atoms with E-state index >= 15 is 0 Å². The molecule has 0 saturated carbocycles. The zero-order valence-corrected chi connectivity index (χ0v) is 17.3. The number of fused-ring (bicyclic) bond motifs is 2. The van der Waals surface area contributed by atoms with Crippen LogP contribution in [-0.2, 0) is 0 Å². The standard InChI is InChI=1S/C23H30N4O2/c1-27(2)15-7-14-26-19-11-10-18(25-13-6-5-12-24)20-21(19)23(29)17-9-4-3-8-16(17)22(20)28/h3-4,8-11,25-26H,5-7,12-15,24H2,1-2H3. The van der Waals surface area contributed by atoms with Crippen LogP contribution < -0.4 is 16.4 Å². The molecule has 6 heteroatoms. The number of nitrogens with zero attached hydrogens (tertiary/aromatic N) is 1. The van der Waals surface area contributed by atoms with Crippen molar-refractivity contribution in [1.82, 2.24) is 4.90 Å². The van der Waals surface area contributed by atoms with E-state index in [9.17, 15) is 9.59 Å². The molecule has 154 valence electrons. The maximum atomic E-state index is 13.3. The molecule has 0 aliphatic heterocycles. The molecule has 0 atom stereocenters. The van der Waals surface area contributed by atoms with Crippen LogP contribution in [0.2, 0.25) is 0 Å². The summed E-state index contributed by atoms with van der Waals surface area (Å²) in [6, 6.07) is 10.9. The molecule has 4 N–H and O–H groups in total. The van der Waals surface area contributed by atoms with Crippen molar-refractivity contribution in [2.24, 2.45) is 5.73 Å². The predicted molar refractivity (Wildman–Crippen MR) is 118 cm³/mol. The van der Waals surface area contributed by atoms with E-state index in [4.69, 9.17) is 5.73 Å². The van der Waals surface area contributed by atoms with E-state index in [2.05, 4.69) is 15.5 Å². The van der Waals surface area contributed by atoms with Crippen molar-refractivity contribution in [1.29, 1.82) is 0 Å². The summed E-state index contributed by atoms with van der Waals surface area (Å²) in [7, 11) is 4.07. The normalized spacial score (nSPS) is 12.7. The first-order valence-electron chi connectivity index (χ1n) is 10.2. The van der Waals surface area contributed by atoms with Gasteiger partial charge in [0.15, 0.2) is 11.6 Å². The molecule has 3 rings (SSSR count). The third-order valence-corrected chi connectivity index (χ3v) is 5.12. The van der Waals surface area contributed by atoms with E-state index in [1.54, 1.807) is 24.3 Å². The van der Waals surface area contributed by atoms with Crippen LogP contribution in [0.25, 0.3) is 0 Å². The first kappa shape index (κ1) is 21.0. The molecule has 2 aromatic carbocycles. The fourth-order valence-corrected chi connectivity index (χ4v) is 3.63. The molecule has 0 amide bonds. The van der Waals surface area contributed by atoms with Gasteiger partial charge in [0.05, 0.1) is 11.1 Å². The number of hydrogen-bond acceptors (Lipinski definition) is 6. The highest BCUT2D eigenvalue weighted by molar-refractivity contribution is 6.31. The van der Waals surface area contributed by atoms with Crippen molar-refractivity contribution in [3.05, 3.63) is 58.7 Å². The molecule has 6 nitrogen and oxygen atoms in total. The molecule has 0 fully saturated rings. The van der Waals surface area contributed by atoms with Crippen LogP contribution in [0.4, 0.5) is 11.4 Å². The van der Waals surface area contributed by atoms with Crippen LogP contribution in [0.5, 0.6) is 0 Å². The van der Waals surface area contributed by atoms with Gasteiger partial charge in [0.2, 0.25) is 0 Å². The average molecular weight is 395 g/mol. The summed E-state index contributed by atoms with van der Waals surface area (Å²) < 4.78 is 0. The topological polar surface area (TPSA) is 87.5 Å². The van der Waals surface area contributed by atoms with Crippen molar-refractivity contribution in [3.63, 3.8) is 0 Å². The molecule has 0 saturated heterocycles. The minimum absolute atomic E-state index is 0.101. The lowest BCUT2D eigenvalue weighted by molar-refractivity contribution is 0.0980. The van der Waals surface area contributed by atoms with Crippen molar-refractivity contribution < 1.29 is 9.59 Å². The Bertz CT molecular complexity index is 892. The fourth-order valence-electron chi connectivity index (χ4n) is 3.63. The summed E-state index contributed by atoms with van der Waals surface area (Å²) in [5.74, 6) is -0.204. The third-order valence-electron chi connectivity index (χ3n) is 5.12. The third kappa shape index (κ3) is 4.66. The lowest BCUT2D eigenvalue weighted by Crippen LogP contribution is -2.25. The predicted octanol–water partition coefficient (Wildman–Crippen LogP) is 2.98. The zero-order chi connectivity index (χ0) is 20.8. The molecule has 0 spiro atoms. The molecule has 0 radical (unpaired) electrons. The van der Waals surface area contributed by atoms with E-state index in [1.807, 2.05) is 26.2 Å². The second kappa shape index (κ2) is 9.67. The Morgan fingerprint density at radius 1 is 0.793 bits per heavy atom. The molecular formula is C23H30N4O2. The number of unbranched alkanes of at least 4 members (excludes halogenated alkanes) is 1. The summed E-state index contributed by atoms with van der Waals surface area (Å²) in [6.45, 7) is 3.03. The van der Waals surface area contributed by atoms with Crippen LogP contribution >= 0.6 is 0 Å². The van der Waals surface area contributed by atoms with Gasteiger partial charge in [-0.25, -0.2) is 0 Å². The van der Waals surface area contributed by atoms with Crippen molar-refractivity contribution in [2.75, 3.05) is 50.9 Å². The molecule has 0 heterocycles. The molecule has 1 aliphatic carbocycles. The zero-order valence-electron chi connectivity index (χ0n) is 17.3. The first-order chi connectivity index (χ1) is 14.0. The Balaban J connectivity index is 1.94. The van der Waals surface area contributed by atoms with Gasteiger partial charge in [-0.1, -0.05) is 24.3 Å². The monoisotopic (exact) mass is 394 g/mol. The molecule has 1 aliphatic rings. The van der Waals surface area contributed by atoms with Gasteiger partial charge in [0.25, 0.3) is 0 Å². The Morgan fingerprint density at radius 2 is 1.31 bits per heavy atom. The largest absolute Gasteiger partial charge is 0.384 e. The van der Waals surface area contributed by atoms with E-state index in [0.717, 1.165) is 38.0 Å². The van der Waals surface area contributed by atoms with Gasteiger partial charge in [0, 0.05) is 35.6 Å². The number of ketones is 2. The van der Waals surface area contributed by atoms with Gasteiger partial charge in [-0.3, -0.25) is 9.59 Å². The summed E-state index contributed by atoms with van der Waals surface area (Å²) in [4.78, 5) is 28.7. The highest BCUT2D eigenvalue weighted by Crippen LogP contribution is 2.36. The number of benzene rings is 2. The molecule has 0 bridgehead atoms. The smallest absolute Gasteiger partial charge is 0.196 e. The number of anilines is 2. The summed E-state index contributed by atoms with van der Waals surface area (Å²) >= 11 is 0. The van der Waals surface area contributed by atoms with Crippen LogP contribution in [-0.4, -0.2) is 56.7 Å². The number of rotatable bonds is 10. The van der Waals surface area contributed by atoms with Crippen LogP contribution in [0, 0.1) is 0 Å².